The van der Waals surface area contributed by atoms with E-state index in [-0.39, 0.29) is 113 Å². The van der Waals surface area contributed by atoms with E-state index in [1.807, 2.05) is 54.6 Å². The Morgan fingerprint density at radius 2 is 0.787 bits per heavy atom. The number of hydrogen-bond donors (Lipinski definition) is 3. The van der Waals surface area contributed by atoms with Gasteiger partial charge in [-0.15, -0.1) is 0 Å². The second-order valence-electron chi connectivity index (χ2n) is 32.1. The Morgan fingerprint density at radius 1 is 0.377 bits per heavy atom. The van der Waals surface area contributed by atoms with Crippen LogP contribution in [0.25, 0.3) is 72.4 Å². The molecule has 5 aliphatic heterocycles. The third-order valence-electron chi connectivity index (χ3n) is 22.8. The number of carbonyl (C=O) groups excluding carboxylic acids is 11. The van der Waals surface area contributed by atoms with Crippen LogP contribution in [0.3, 0.4) is 0 Å². The van der Waals surface area contributed by atoms with Crippen LogP contribution < -0.4 is 41.4 Å². The maximum atomic E-state index is 13.8. The van der Waals surface area contributed by atoms with Crippen LogP contribution in [0, 0.1) is 0 Å². The third kappa shape index (κ3) is 12.4. The number of anilines is 5. The van der Waals surface area contributed by atoms with Gasteiger partial charge in [-0.05, 0) is 156 Å². The number of imide groups is 3. The summed E-state index contributed by atoms with van der Waals surface area (Å²) in [5.74, 6) is -5.65. The Hall–Kier alpha value is -15.8. The minimum Gasteiger partial charge on any atom is -0.506 e. The van der Waals surface area contributed by atoms with Crippen molar-refractivity contribution in [1.29, 1.82) is 0 Å². The smallest absolute Gasteiger partial charge is 0.338 e. The molecule has 0 unspecified atom stereocenters. The van der Waals surface area contributed by atoms with Crippen molar-refractivity contribution in [2.45, 2.75) is 66.2 Å². The topological polar surface area (TPSA) is 307 Å². The van der Waals surface area contributed by atoms with Crippen molar-refractivity contribution in [3.8, 4) is 0 Å². The van der Waals surface area contributed by atoms with E-state index in [2.05, 4.69) is 52.2 Å². The Balaban J connectivity index is 0.000000125. The number of aliphatic hydroxyl groups is 1. The van der Waals surface area contributed by atoms with Gasteiger partial charge in [-0.3, -0.25) is 52.7 Å². The number of ketones is 3. The molecule has 6 heterocycles. The van der Waals surface area contributed by atoms with Gasteiger partial charge in [-0.25, -0.2) is 29.3 Å². The molecular formula is C100H70N6O16. The molecule has 22 heteroatoms. The molecule has 0 fully saturated rings. The van der Waals surface area contributed by atoms with Gasteiger partial charge >= 0.3 is 11.9 Å². The average Bonchev–Trinajstić information content (AvgIpc) is 1.03. The zero-order chi connectivity index (χ0) is 85.5. The molecule has 7 aliphatic rings. The minimum absolute atomic E-state index is 0.0225. The van der Waals surface area contributed by atoms with E-state index in [4.69, 9.17) is 14.5 Å². The van der Waals surface area contributed by atoms with E-state index in [9.17, 15) is 67.4 Å². The maximum Gasteiger partial charge on any atom is 0.338 e. The molecule has 6 amide bonds. The predicted octanol–water partition coefficient (Wildman–Crippen LogP) is 16.9. The van der Waals surface area contributed by atoms with E-state index in [0.717, 1.165) is 37.3 Å². The highest BCUT2D eigenvalue weighted by atomic mass is 16.5. The summed E-state index contributed by atoms with van der Waals surface area (Å²) in [5, 5.41) is 22.2. The fourth-order valence-corrected chi connectivity index (χ4v) is 16.7. The van der Waals surface area contributed by atoms with Crippen LogP contribution in [0.15, 0.2) is 245 Å². The number of pyridine rings is 1. The minimum atomic E-state index is -0.632. The average molecular weight is 1610 g/mol. The van der Waals surface area contributed by atoms with Crippen molar-refractivity contribution in [1.82, 2.24) is 4.98 Å². The highest BCUT2D eigenvalue weighted by Crippen LogP contribution is 2.46. The number of carbonyl (C=O) groups is 11. The number of Topliss-reactive ketones (excluding diaryl/α,β-unsaturated/α-hetero) is 3. The Morgan fingerprint density at radius 3 is 1.34 bits per heavy atom. The first-order chi connectivity index (χ1) is 58.5. The number of allylic oxidation sites excluding steroid dienone is 3. The molecule has 3 N–H and O–H groups in total. The second-order valence-corrected chi connectivity index (χ2v) is 32.1. The van der Waals surface area contributed by atoms with Gasteiger partial charge in [0.2, 0.25) is 0 Å². The van der Waals surface area contributed by atoms with E-state index in [0.29, 0.717) is 99.8 Å². The summed E-state index contributed by atoms with van der Waals surface area (Å²) in [4.78, 5) is 182. The number of nitrogens with zero attached hydrogens (tertiary/aromatic N) is 4. The number of benzene rings is 12. The third-order valence-corrected chi connectivity index (χ3v) is 22.8. The van der Waals surface area contributed by atoms with Gasteiger partial charge in [0.25, 0.3) is 35.4 Å². The summed E-state index contributed by atoms with van der Waals surface area (Å²) in [5.41, 5.74) is 8.29. The Bertz CT molecular complexity index is 7280. The van der Waals surface area contributed by atoms with E-state index in [1.165, 1.54) is 41.3 Å². The monoisotopic (exact) mass is 1610 g/mol. The lowest BCUT2D eigenvalue weighted by Crippen LogP contribution is -2.43. The molecule has 0 saturated heterocycles. The summed E-state index contributed by atoms with van der Waals surface area (Å²) in [6, 6.07) is 60.0. The van der Waals surface area contributed by atoms with Crippen molar-refractivity contribution in [3.63, 3.8) is 0 Å². The lowest BCUT2D eigenvalue weighted by atomic mass is 9.85. The number of aromatic nitrogens is 1. The van der Waals surface area contributed by atoms with Crippen LogP contribution in [0.4, 0.5) is 28.4 Å². The molecule has 596 valence electrons. The molecule has 13 aromatic rings. The molecule has 1 aromatic heterocycles. The van der Waals surface area contributed by atoms with Crippen LogP contribution in [-0.4, -0.2) is 88.0 Å². The van der Waals surface area contributed by atoms with Crippen LogP contribution >= 0.6 is 0 Å². The molecule has 0 spiro atoms. The molecule has 122 heavy (non-hydrogen) atoms. The number of esters is 2. The van der Waals surface area contributed by atoms with Gasteiger partial charge in [0, 0.05) is 71.4 Å². The molecule has 0 bridgehead atoms. The van der Waals surface area contributed by atoms with Crippen LogP contribution in [0.5, 0.6) is 0 Å². The standard InChI is InChI=1S/C34H18N2O4.C34H30N2O4.C32H22N2O8/c37-31-21-11-1-6-18-7-2-12-22(27(18)21)32(38)29(31)25-17-16-20-10-5-15-26(30(20)35-25)36-33(39)23-13-3-8-19-9-4-14-24(28(19)23)34(36)40;1-33(2,3)19-11-13-21-23(16-19)30(38)27(29(21)37)25-15-10-18-8-7-9-26(28(18)35-25)36-31(39)22-14-12-20(34(4,5)6)17-24(22)32(36)40;1-3-41-31(39)17-8-11-19-21(14-17)28(36)25(27(19)35)23-13-10-16-6-5-7-24(26(16)33-23)34-29(37)20-12-9-18(32(40)42-4-2)15-22(20)30(34)38/h1-17,35H;7-17,38H,1-6H3;5-15,33H,3-4H2,1-2H3/b;;25-23+. The molecule has 20 rings (SSSR count). The number of fused-ring (bicyclic) bond motifs is 7. The van der Waals surface area contributed by atoms with Crippen molar-refractivity contribution < 1.29 is 67.3 Å². The normalized spacial score (nSPS) is 15.5. The Labute approximate surface area is 695 Å². The Kier molecular flexibility index (Phi) is 18.4. The van der Waals surface area contributed by atoms with E-state index >= 15 is 0 Å². The van der Waals surface area contributed by atoms with Crippen molar-refractivity contribution >= 4 is 166 Å². The number of ether oxygens (including phenoxy) is 2. The van der Waals surface area contributed by atoms with Crippen LogP contribution in [-0.2, 0) is 20.3 Å². The number of para-hydroxylation sites is 3. The van der Waals surface area contributed by atoms with Crippen molar-refractivity contribution in [3.05, 3.63) is 356 Å². The molecule has 0 radical (unpaired) electrons. The van der Waals surface area contributed by atoms with Crippen LogP contribution in [0.2, 0.25) is 0 Å². The summed E-state index contributed by atoms with van der Waals surface area (Å²) in [6.45, 7) is 16.0. The summed E-state index contributed by atoms with van der Waals surface area (Å²) >= 11 is 0. The molecule has 12 aromatic carbocycles. The van der Waals surface area contributed by atoms with Gasteiger partial charge in [0.1, 0.15) is 5.76 Å². The predicted molar refractivity (Wildman–Crippen MR) is 466 cm³/mol. The maximum absolute atomic E-state index is 13.8. The zero-order valence-corrected chi connectivity index (χ0v) is 66.8. The van der Waals surface area contributed by atoms with Crippen molar-refractivity contribution in [2.24, 2.45) is 0 Å². The van der Waals surface area contributed by atoms with Gasteiger partial charge < -0.3 is 25.2 Å². The summed E-state index contributed by atoms with van der Waals surface area (Å²) in [7, 11) is 0. The van der Waals surface area contributed by atoms with Gasteiger partial charge in [0.15, 0.2) is 28.2 Å². The highest BCUT2D eigenvalue weighted by Gasteiger charge is 2.44. The van der Waals surface area contributed by atoms with Gasteiger partial charge in [-0.1, -0.05) is 169 Å². The lowest BCUT2D eigenvalue weighted by Gasteiger charge is -2.30. The van der Waals surface area contributed by atoms with Crippen molar-refractivity contribution in [2.75, 3.05) is 38.5 Å². The molecule has 2 aliphatic carbocycles. The van der Waals surface area contributed by atoms with E-state index < -0.39 is 58.9 Å². The summed E-state index contributed by atoms with van der Waals surface area (Å²) < 4.78 is 10.0. The number of nitrogens with one attached hydrogen (secondary N) is 2. The van der Waals surface area contributed by atoms with Gasteiger partial charge in [0.05, 0.1) is 114 Å². The number of rotatable bonds is 8. The number of amides is 6. The fourth-order valence-electron chi connectivity index (χ4n) is 16.7. The molecule has 0 saturated carbocycles. The van der Waals surface area contributed by atoms with Crippen LogP contribution in [0.1, 0.15) is 203 Å². The number of aliphatic hydroxyl groups excluding tert-OH is 1. The SMILES string of the molecule is CC(C)(C)c1ccc2c(c1)C(=O)N(c1cccc3ccc(C4=C(O)c5cc(C(C)(C)C)ccc5C4=O)nc13)C2=O.CCOC(=O)c1ccc2c(c1)C(=O)/C(=C1\C=Cc3cccc(N4C(=O)c5ccc(C(=O)OCC)cc5C4=O)c3N1)C2=O.O=C1c2cccc3cccc(c23)C(=O)N1c1cccc2c1NC(=c1c(=O)c3cccc4cccc(c1=O)c43)C=C2. The zero-order valence-electron chi connectivity index (χ0n) is 66.8. The first-order valence-electron chi connectivity index (χ1n) is 39.4. The first kappa shape index (κ1) is 77.4. The summed E-state index contributed by atoms with van der Waals surface area (Å²) in [6.07, 6.45) is 6.72. The molecular weight excluding hydrogens is 1540 g/mol. The fraction of sp³-hybridized carbons (Fsp3) is 0.120. The largest absolute Gasteiger partial charge is 0.506 e. The molecule has 0 atom stereocenters. The van der Waals surface area contributed by atoms with Gasteiger partial charge in [-0.2, -0.15) is 0 Å². The lowest BCUT2D eigenvalue weighted by molar-refractivity contribution is 0.0516. The van der Waals surface area contributed by atoms with E-state index in [1.54, 1.807) is 159 Å². The number of hydrogen-bond acceptors (Lipinski definition) is 19. The quantitative estimate of drug-likeness (QED) is 0.0551. The molecule has 22 nitrogen and oxygen atoms in total. The second kappa shape index (κ2) is 29.1. The first-order valence-corrected chi connectivity index (χ1v) is 39.4. The highest BCUT2D eigenvalue weighted by molar-refractivity contribution is 6.42.